The Bertz CT molecular complexity index is 890. The number of rotatable bonds is 4. The van der Waals surface area contributed by atoms with Gasteiger partial charge in [-0.15, -0.1) is 0 Å². The number of carbonyl (C=O) groups is 1. The Hall–Kier alpha value is -2.20. The summed E-state index contributed by atoms with van der Waals surface area (Å²) in [6, 6.07) is 13.8. The maximum atomic E-state index is 12.5. The number of para-hydroxylation sites is 1. The molecule has 0 bridgehead atoms. The summed E-state index contributed by atoms with van der Waals surface area (Å²) in [4.78, 5) is 21.4. The minimum Gasteiger partial charge on any atom is -0.293 e. The lowest BCUT2D eigenvalue weighted by atomic mass is 10.0. The SMILES string of the molecule is Cc1ccc(C(=O)CSc2nc(C)nc3ccccc23)c(C)c1. The number of benzene rings is 2. The smallest absolute Gasteiger partial charge is 0.173 e. The van der Waals surface area contributed by atoms with Crippen molar-refractivity contribution in [1.29, 1.82) is 0 Å². The molecule has 4 heteroatoms. The first-order valence-corrected chi connectivity index (χ1v) is 8.50. The van der Waals surface area contributed by atoms with Gasteiger partial charge in [0.05, 0.1) is 11.3 Å². The molecule has 23 heavy (non-hydrogen) atoms. The minimum absolute atomic E-state index is 0.132. The zero-order chi connectivity index (χ0) is 16.4. The van der Waals surface area contributed by atoms with Crippen LogP contribution in [0.5, 0.6) is 0 Å². The van der Waals surface area contributed by atoms with Crippen LogP contribution in [0.4, 0.5) is 0 Å². The molecule has 0 atom stereocenters. The van der Waals surface area contributed by atoms with Gasteiger partial charge in [0.15, 0.2) is 5.78 Å². The molecule has 1 heterocycles. The van der Waals surface area contributed by atoms with Gasteiger partial charge in [0.1, 0.15) is 10.9 Å². The van der Waals surface area contributed by atoms with Gasteiger partial charge in [0, 0.05) is 10.9 Å². The number of hydrogen-bond donors (Lipinski definition) is 0. The number of carbonyl (C=O) groups excluding carboxylic acids is 1. The highest BCUT2D eigenvalue weighted by Gasteiger charge is 2.12. The van der Waals surface area contributed by atoms with E-state index in [0.29, 0.717) is 5.75 Å². The number of hydrogen-bond acceptors (Lipinski definition) is 4. The van der Waals surface area contributed by atoms with Crippen LogP contribution in [0.1, 0.15) is 27.3 Å². The molecule has 3 aromatic rings. The normalized spacial score (nSPS) is 10.9. The van der Waals surface area contributed by atoms with Crippen molar-refractivity contribution in [2.24, 2.45) is 0 Å². The third kappa shape index (κ3) is 3.42. The molecule has 3 nitrogen and oxygen atoms in total. The first kappa shape index (κ1) is 15.7. The molecular weight excluding hydrogens is 304 g/mol. The fourth-order valence-corrected chi connectivity index (χ4v) is 3.55. The van der Waals surface area contributed by atoms with Crippen molar-refractivity contribution in [3.8, 4) is 0 Å². The molecule has 0 spiro atoms. The lowest BCUT2D eigenvalue weighted by Gasteiger charge is -2.08. The zero-order valence-corrected chi connectivity index (χ0v) is 14.3. The van der Waals surface area contributed by atoms with E-state index in [0.717, 1.165) is 32.9 Å². The van der Waals surface area contributed by atoms with E-state index in [2.05, 4.69) is 9.97 Å². The topological polar surface area (TPSA) is 42.9 Å². The molecule has 3 rings (SSSR count). The lowest BCUT2D eigenvalue weighted by Crippen LogP contribution is -2.05. The van der Waals surface area contributed by atoms with Crippen molar-refractivity contribution in [2.45, 2.75) is 25.8 Å². The highest BCUT2D eigenvalue weighted by atomic mass is 32.2. The van der Waals surface area contributed by atoms with Gasteiger partial charge in [-0.2, -0.15) is 0 Å². The van der Waals surface area contributed by atoms with Crippen LogP contribution in [0.3, 0.4) is 0 Å². The van der Waals surface area contributed by atoms with Gasteiger partial charge in [-0.25, -0.2) is 9.97 Å². The summed E-state index contributed by atoms with van der Waals surface area (Å²) in [7, 11) is 0. The zero-order valence-electron chi connectivity index (χ0n) is 13.5. The summed E-state index contributed by atoms with van der Waals surface area (Å²) in [6.07, 6.45) is 0. The average molecular weight is 322 g/mol. The molecule has 116 valence electrons. The number of aryl methyl sites for hydroxylation is 3. The second kappa shape index (κ2) is 6.50. The van der Waals surface area contributed by atoms with Gasteiger partial charge in [0.2, 0.25) is 0 Å². The lowest BCUT2D eigenvalue weighted by molar-refractivity contribution is 0.102. The van der Waals surface area contributed by atoms with Gasteiger partial charge in [-0.05, 0) is 32.4 Å². The number of aromatic nitrogens is 2. The summed E-state index contributed by atoms with van der Waals surface area (Å²) < 4.78 is 0. The Kier molecular flexibility index (Phi) is 4.44. The molecule has 1 aromatic heterocycles. The van der Waals surface area contributed by atoms with E-state index in [1.807, 2.05) is 63.2 Å². The first-order valence-electron chi connectivity index (χ1n) is 7.51. The summed E-state index contributed by atoms with van der Waals surface area (Å²) >= 11 is 1.48. The molecular formula is C19H18N2OS. The van der Waals surface area contributed by atoms with Gasteiger partial charge in [-0.1, -0.05) is 53.7 Å². The Morgan fingerprint density at radius 1 is 1.04 bits per heavy atom. The fourth-order valence-electron chi connectivity index (χ4n) is 2.61. The van der Waals surface area contributed by atoms with E-state index >= 15 is 0 Å². The highest BCUT2D eigenvalue weighted by molar-refractivity contribution is 8.00. The Morgan fingerprint density at radius 3 is 2.61 bits per heavy atom. The molecule has 0 saturated carbocycles. The number of ketones is 1. The number of thioether (sulfide) groups is 1. The number of Topliss-reactive ketones (excluding diaryl/α,β-unsaturated/α-hetero) is 1. The first-order chi connectivity index (χ1) is 11.0. The van der Waals surface area contributed by atoms with Crippen molar-refractivity contribution in [3.05, 3.63) is 65.0 Å². The van der Waals surface area contributed by atoms with Crippen LogP contribution < -0.4 is 0 Å². The maximum absolute atomic E-state index is 12.5. The summed E-state index contributed by atoms with van der Waals surface area (Å²) in [5.74, 6) is 1.24. The predicted molar refractivity (Wildman–Crippen MR) is 95.2 cm³/mol. The van der Waals surface area contributed by atoms with Crippen LogP contribution in [-0.4, -0.2) is 21.5 Å². The third-order valence-electron chi connectivity index (χ3n) is 3.70. The molecule has 0 aliphatic rings. The molecule has 0 radical (unpaired) electrons. The number of nitrogens with zero attached hydrogens (tertiary/aromatic N) is 2. The van der Waals surface area contributed by atoms with E-state index < -0.39 is 0 Å². The van der Waals surface area contributed by atoms with Crippen LogP contribution in [0.2, 0.25) is 0 Å². The van der Waals surface area contributed by atoms with Crippen LogP contribution in [0, 0.1) is 20.8 Å². The summed E-state index contributed by atoms with van der Waals surface area (Å²) in [6.45, 7) is 5.89. The molecule has 2 aromatic carbocycles. The van der Waals surface area contributed by atoms with E-state index in [1.54, 1.807) is 0 Å². The van der Waals surface area contributed by atoms with E-state index in [-0.39, 0.29) is 5.78 Å². The molecule has 0 saturated heterocycles. The fraction of sp³-hybridized carbons (Fsp3) is 0.211. The van der Waals surface area contributed by atoms with Crippen LogP contribution in [-0.2, 0) is 0 Å². The van der Waals surface area contributed by atoms with Gasteiger partial charge in [0.25, 0.3) is 0 Å². The Morgan fingerprint density at radius 2 is 1.83 bits per heavy atom. The van der Waals surface area contributed by atoms with Crippen molar-refractivity contribution >= 4 is 28.4 Å². The second-order valence-electron chi connectivity index (χ2n) is 5.62. The maximum Gasteiger partial charge on any atom is 0.173 e. The standard InChI is InChI=1S/C19H18N2OS/c1-12-8-9-15(13(2)10-12)18(22)11-23-19-16-6-4-5-7-17(16)20-14(3)21-19/h4-10H,11H2,1-3H3. The Labute approximate surface area is 140 Å². The highest BCUT2D eigenvalue weighted by Crippen LogP contribution is 2.26. The average Bonchev–Trinajstić information content (AvgIpc) is 2.52. The van der Waals surface area contributed by atoms with E-state index in [4.69, 9.17) is 0 Å². The molecule has 0 N–H and O–H groups in total. The molecule has 0 fully saturated rings. The monoisotopic (exact) mass is 322 g/mol. The van der Waals surface area contributed by atoms with Crippen molar-refractivity contribution in [1.82, 2.24) is 9.97 Å². The molecule has 0 aliphatic heterocycles. The number of fused-ring (bicyclic) bond motifs is 1. The summed E-state index contributed by atoms with van der Waals surface area (Å²) in [5, 5.41) is 1.86. The van der Waals surface area contributed by atoms with E-state index in [9.17, 15) is 4.79 Å². The van der Waals surface area contributed by atoms with Crippen molar-refractivity contribution < 1.29 is 4.79 Å². The van der Waals surface area contributed by atoms with Gasteiger partial charge >= 0.3 is 0 Å². The molecule has 0 unspecified atom stereocenters. The van der Waals surface area contributed by atoms with Gasteiger partial charge < -0.3 is 0 Å². The van der Waals surface area contributed by atoms with Gasteiger partial charge in [-0.3, -0.25) is 4.79 Å². The van der Waals surface area contributed by atoms with Crippen LogP contribution in [0.25, 0.3) is 10.9 Å². The second-order valence-corrected chi connectivity index (χ2v) is 6.59. The minimum atomic E-state index is 0.132. The Balaban J connectivity index is 1.84. The quantitative estimate of drug-likeness (QED) is 0.402. The van der Waals surface area contributed by atoms with E-state index in [1.165, 1.54) is 17.3 Å². The largest absolute Gasteiger partial charge is 0.293 e. The predicted octanol–water partition coefficient (Wildman–Crippen LogP) is 4.53. The van der Waals surface area contributed by atoms with Crippen LogP contribution in [0.15, 0.2) is 47.5 Å². The van der Waals surface area contributed by atoms with Crippen LogP contribution >= 0.6 is 11.8 Å². The third-order valence-corrected chi connectivity index (χ3v) is 4.69. The van der Waals surface area contributed by atoms with Crippen molar-refractivity contribution in [2.75, 3.05) is 5.75 Å². The molecule has 0 aliphatic carbocycles. The molecule has 0 amide bonds. The summed E-state index contributed by atoms with van der Waals surface area (Å²) in [5.41, 5.74) is 3.91. The van der Waals surface area contributed by atoms with Crippen molar-refractivity contribution in [3.63, 3.8) is 0 Å².